The third-order valence-corrected chi connectivity index (χ3v) is 3.94. The van der Waals surface area contributed by atoms with Gasteiger partial charge in [0.15, 0.2) is 5.60 Å². The second-order valence-electron chi connectivity index (χ2n) is 6.49. The summed E-state index contributed by atoms with van der Waals surface area (Å²) in [5, 5.41) is 2.84. The molecule has 24 heavy (non-hydrogen) atoms. The number of fused-ring (bicyclic) bond motifs is 1. The smallest absolute Gasteiger partial charge is 0.270 e. The second-order valence-corrected chi connectivity index (χ2v) is 6.49. The molecule has 1 aromatic rings. The second kappa shape index (κ2) is 7.66. The first-order valence-corrected chi connectivity index (χ1v) is 8.22. The highest BCUT2D eigenvalue weighted by Gasteiger charge is 2.40. The normalized spacial score (nSPS) is 15.7. The van der Waals surface area contributed by atoms with Crippen LogP contribution in [-0.2, 0) is 14.3 Å². The van der Waals surface area contributed by atoms with Crippen LogP contribution in [0.3, 0.4) is 0 Å². The third kappa shape index (κ3) is 4.26. The van der Waals surface area contributed by atoms with Gasteiger partial charge in [-0.15, -0.1) is 0 Å². The first-order valence-electron chi connectivity index (χ1n) is 8.22. The van der Waals surface area contributed by atoms with Crippen LogP contribution in [-0.4, -0.2) is 44.2 Å². The van der Waals surface area contributed by atoms with Crippen molar-refractivity contribution in [2.45, 2.75) is 39.2 Å². The molecular weight excluding hydrogens is 308 g/mol. The largest absolute Gasteiger partial charge is 0.476 e. The summed E-state index contributed by atoms with van der Waals surface area (Å²) in [6.45, 7) is 6.98. The lowest BCUT2D eigenvalue weighted by Gasteiger charge is -2.38. The predicted octanol–water partition coefficient (Wildman–Crippen LogP) is 2.04. The van der Waals surface area contributed by atoms with Crippen LogP contribution in [0.15, 0.2) is 18.2 Å². The molecule has 1 aliphatic rings. The third-order valence-electron chi connectivity index (χ3n) is 3.94. The number of hydrogen-bond acceptors (Lipinski definition) is 4. The molecule has 1 aromatic carbocycles. The molecular formula is C18H26N2O4. The van der Waals surface area contributed by atoms with Crippen molar-refractivity contribution in [3.05, 3.63) is 23.8 Å². The molecule has 0 spiro atoms. The number of amides is 2. The van der Waals surface area contributed by atoms with Gasteiger partial charge in [-0.25, -0.2) is 0 Å². The van der Waals surface area contributed by atoms with Crippen molar-refractivity contribution in [1.29, 1.82) is 0 Å². The van der Waals surface area contributed by atoms with E-state index in [4.69, 9.17) is 9.47 Å². The zero-order valence-electron chi connectivity index (χ0n) is 14.8. The van der Waals surface area contributed by atoms with Crippen LogP contribution in [0.2, 0.25) is 0 Å². The Kier molecular flexibility index (Phi) is 5.83. The number of anilines is 1. The highest BCUT2D eigenvalue weighted by Crippen LogP contribution is 2.38. The van der Waals surface area contributed by atoms with E-state index in [0.29, 0.717) is 25.4 Å². The van der Waals surface area contributed by atoms with Gasteiger partial charge < -0.3 is 19.7 Å². The van der Waals surface area contributed by atoms with Crippen molar-refractivity contribution in [2.75, 3.05) is 31.7 Å². The molecule has 0 aromatic heterocycles. The quantitative estimate of drug-likeness (QED) is 0.775. The SMILES string of the molecule is COCCCNC(=O)CCN1C(=O)C(C)(C)Oc2ccc(C)cc21. The van der Waals surface area contributed by atoms with E-state index in [1.165, 1.54) is 0 Å². The number of carbonyl (C=O) groups is 2. The van der Waals surface area contributed by atoms with Gasteiger partial charge >= 0.3 is 0 Å². The molecule has 0 aliphatic carbocycles. The number of carbonyl (C=O) groups excluding carboxylic acids is 2. The van der Waals surface area contributed by atoms with E-state index >= 15 is 0 Å². The predicted molar refractivity (Wildman–Crippen MR) is 92.4 cm³/mol. The summed E-state index contributed by atoms with van der Waals surface area (Å²) in [4.78, 5) is 26.3. The first-order chi connectivity index (χ1) is 11.3. The van der Waals surface area contributed by atoms with E-state index in [9.17, 15) is 9.59 Å². The number of rotatable bonds is 7. The molecule has 0 unspecified atom stereocenters. The maximum absolute atomic E-state index is 12.7. The Morgan fingerprint density at radius 1 is 1.38 bits per heavy atom. The molecule has 1 N–H and O–H groups in total. The fourth-order valence-electron chi connectivity index (χ4n) is 2.65. The van der Waals surface area contributed by atoms with Crippen LogP contribution in [0.5, 0.6) is 5.75 Å². The Morgan fingerprint density at radius 3 is 2.83 bits per heavy atom. The molecule has 0 atom stereocenters. The highest BCUT2D eigenvalue weighted by molar-refractivity contribution is 6.02. The van der Waals surface area contributed by atoms with Crippen molar-refractivity contribution < 1.29 is 19.1 Å². The van der Waals surface area contributed by atoms with Gasteiger partial charge in [-0.2, -0.15) is 0 Å². The summed E-state index contributed by atoms with van der Waals surface area (Å²) in [6, 6.07) is 5.74. The minimum absolute atomic E-state index is 0.0718. The van der Waals surface area contributed by atoms with Crippen LogP contribution >= 0.6 is 0 Å². The van der Waals surface area contributed by atoms with Gasteiger partial charge in [-0.1, -0.05) is 6.07 Å². The molecule has 0 saturated heterocycles. The van der Waals surface area contributed by atoms with Crippen LogP contribution < -0.4 is 15.0 Å². The summed E-state index contributed by atoms with van der Waals surface area (Å²) in [7, 11) is 1.63. The zero-order valence-corrected chi connectivity index (χ0v) is 14.8. The van der Waals surface area contributed by atoms with Gasteiger partial charge in [-0.05, 0) is 44.9 Å². The molecule has 0 saturated carbocycles. The lowest BCUT2D eigenvalue weighted by molar-refractivity contribution is -0.132. The van der Waals surface area contributed by atoms with Crippen molar-refractivity contribution in [1.82, 2.24) is 5.32 Å². The number of nitrogens with one attached hydrogen (secondary N) is 1. The monoisotopic (exact) mass is 334 g/mol. The lowest BCUT2D eigenvalue weighted by atomic mass is 10.0. The highest BCUT2D eigenvalue weighted by atomic mass is 16.5. The molecule has 2 rings (SSSR count). The molecule has 2 amide bonds. The number of methoxy groups -OCH3 is 1. The van der Waals surface area contributed by atoms with Crippen molar-refractivity contribution in [3.8, 4) is 5.75 Å². The standard InChI is InChI=1S/C18H26N2O4/c1-13-6-7-15-14(12-13)20(17(22)18(2,3)24-15)10-8-16(21)19-9-5-11-23-4/h6-7,12H,5,8-11H2,1-4H3,(H,19,21). The Balaban J connectivity index is 2.04. The van der Waals surface area contributed by atoms with Gasteiger partial charge in [-0.3, -0.25) is 9.59 Å². The molecule has 132 valence electrons. The molecule has 6 nitrogen and oxygen atoms in total. The van der Waals surface area contributed by atoms with E-state index in [2.05, 4.69) is 5.32 Å². The van der Waals surface area contributed by atoms with E-state index < -0.39 is 5.60 Å². The zero-order chi connectivity index (χ0) is 17.7. The van der Waals surface area contributed by atoms with Crippen LogP contribution in [0.25, 0.3) is 0 Å². The summed E-state index contributed by atoms with van der Waals surface area (Å²) < 4.78 is 10.8. The Bertz CT molecular complexity index is 613. The molecule has 6 heteroatoms. The fourth-order valence-corrected chi connectivity index (χ4v) is 2.65. The lowest BCUT2D eigenvalue weighted by Crippen LogP contribution is -2.53. The summed E-state index contributed by atoms with van der Waals surface area (Å²) in [6.07, 6.45) is 1.02. The Labute approximate surface area is 143 Å². The molecule has 0 radical (unpaired) electrons. The van der Waals surface area contributed by atoms with E-state index in [-0.39, 0.29) is 18.2 Å². The van der Waals surface area contributed by atoms with Crippen molar-refractivity contribution >= 4 is 17.5 Å². The first kappa shape index (κ1) is 18.3. The Hall–Kier alpha value is -2.08. The number of benzene rings is 1. The van der Waals surface area contributed by atoms with Gasteiger partial charge in [0.05, 0.1) is 5.69 Å². The number of ether oxygens (including phenoxy) is 2. The van der Waals surface area contributed by atoms with Gasteiger partial charge in [0.25, 0.3) is 5.91 Å². The Morgan fingerprint density at radius 2 is 2.12 bits per heavy atom. The van der Waals surface area contributed by atoms with Crippen molar-refractivity contribution in [2.24, 2.45) is 0 Å². The average molecular weight is 334 g/mol. The molecule has 1 heterocycles. The van der Waals surface area contributed by atoms with E-state index in [1.54, 1.807) is 25.9 Å². The van der Waals surface area contributed by atoms with Gasteiger partial charge in [0, 0.05) is 33.2 Å². The number of hydrogen-bond donors (Lipinski definition) is 1. The fraction of sp³-hybridized carbons (Fsp3) is 0.556. The summed E-state index contributed by atoms with van der Waals surface area (Å²) in [5.41, 5.74) is 0.836. The maximum atomic E-state index is 12.7. The van der Waals surface area contributed by atoms with Crippen LogP contribution in [0.4, 0.5) is 5.69 Å². The van der Waals surface area contributed by atoms with Gasteiger partial charge in [0.2, 0.25) is 5.91 Å². The average Bonchev–Trinajstić information content (AvgIpc) is 2.53. The minimum Gasteiger partial charge on any atom is -0.476 e. The maximum Gasteiger partial charge on any atom is 0.270 e. The number of nitrogens with zero attached hydrogens (tertiary/aromatic N) is 1. The van der Waals surface area contributed by atoms with Gasteiger partial charge in [0.1, 0.15) is 5.75 Å². The van der Waals surface area contributed by atoms with Crippen LogP contribution in [0.1, 0.15) is 32.3 Å². The van der Waals surface area contributed by atoms with Crippen LogP contribution in [0, 0.1) is 6.92 Å². The summed E-state index contributed by atoms with van der Waals surface area (Å²) in [5.74, 6) is 0.468. The topological polar surface area (TPSA) is 67.9 Å². The molecule has 1 aliphatic heterocycles. The molecule has 0 fully saturated rings. The molecule has 0 bridgehead atoms. The minimum atomic E-state index is -0.933. The summed E-state index contributed by atoms with van der Waals surface area (Å²) >= 11 is 0. The van der Waals surface area contributed by atoms with E-state index in [0.717, 1.165) is 17.7 Å². The van der Waals surface area contributed by atoms with E-state index in [1.807, 2.05) is 25.1 Å². The number of aryl methyl sites for hydroxylation is 1. The van der Waals surface area contributed by atoms with Crippen molar-refractivity contribution in [3.63, 3.8) is 0 Å².